The summed E-state index contributed by atoms with van der Waals surface area (Å²) in [5.74, 6) is 0. The summed E-state index contributed by atoms with van der Waals surface area (Å²) in [6.07, 6.45) is 11.7. The maximum absolute atomic E-state index is 10.1. The molecule has 0 saturated carbocycles. The largest absolute Gasteiger partial charge is 1.00 e. The van der Waals surface area contributed by atoms with Gasteiger partial charge in [0.15, 0.2) is 0 Å². The van der Waals surface area contributed by atoms with Crippen LogP contribution in [0.2, 0.25) is 0 Å². The zero-order chi connectivity index (χ0) is 16.6. The van der Waals surface area contributed by atoms with Gasteiger partial charge in [-0.05, 0) is 6.42 Å². The summed E-state index contributed by atoms with van der Waals surface area (Å²) >= 11 is 0. The molecule has 0 aromatic heterocycles. The second-order valence-electron chi connectivity index (χ2n) is 4.65. The van der Waals surface area contributed by atoms with E-state index in [1.807, 2.05) is 0 Å². The van der Waals surface area contributed by atoms with E-state index >= 15 is 0 Å². The third-order valence-electron chi connectivity index (χ3n) is 2.73. The Morgan fingerprint density at radius 1 is 0.909 bits per heavy atom. The summed E-state index contributed by atoms with van der Waals surface area (Å²) < 4.78 is 58.7. The summed E-state index contributed by atoms with van der Waals surface area (Å²) in [4.78, 5) is 0. The molecule has 130 valence electrons. The van der Waals surface area contributed by atoms with Crippen LogP contribution in [0.25, 0.3) is 0 Å². The van der Waals surface area contributed by atoms with Crippen molar-refractivity contribution >= 4 is 21.4 Å². The van der Waals surface area contributed by atoms with Gasteiger partial charge in [-0.2, -0.15) is 0 Å². The molecule has 10 heteroatoms. The molecule has 0 fully saturated rings. The third-order valence-corrected chi connectivity index (χ3v) is 3.18. The number of rotatable bonds is 12. The Balaban J connectivity index is -0.000000640. The average Bonchev–Trinajstić information content (AvgIpc) is 2.34. The molecule has 0 bridgehead atoms. The smallest absolute Gasteiger partial charge is 0.726 e. The van der Waals surface area contributed by atoms with Crippen LogP contribution in [-0.2, 0) is 25.6 Å². The van der Waals surface area contributed by atoms with Gasteiger partial charge in [-0.3, -0.25) is 8.74 Å². The van der Waals surface area contributed by atoms with E-state index in [1.54, 1.807) is 0 Å². The van der Waals surface area contributed by atoms with Crippen molar-refractivity contribution in [2.45, 2.75) is 71.1 Å². The third kappa shape index (κ3) is 37.2. The maximum atomic E-state index is 10.1. The average molecular weight is 370 g/mol. The minimum Gasteiger partial charge on any atom is -0.726 e. The number of thiol groups is 1. The molecule has 0 unspecified atom stereocenters. The molecule has 0 aliphatic carbocycles. The predicted octanol–water partition coefficient (Wildman–Crippen LogP) is -0.541. The molecule has 1 N–H and O–H groups in total. The normalized spacial score (nSPS) is 10.7. The van der Waals surface area contributed by atoms with E-state index in [-0.39, 0.29) is 36.2 Å². The minimum atomic E-state index is -4.48. The van der Waals surface area contributed by atoms with Gasteiger partial charge in [-0.25, -0.2) is 16.8 Å². The molecule has 0 aromatic carbocycles. The SMILES string of the molecule is CCCCCCCCCCCCOS(=O)(=O)[O-].O=[SH](=O)O.[Na+]. The molecule has 0 rings (SSSR count). The summed E-state index contributed by atoms with van der Waals surface area (Å²) in [5.41, 5.74) is 0. The second kappa shape index (κ2) is 19.8. The van der Waals surface area contributed by atoms with Gasteiger partial charge in [-0.1, -0.05) is 64.7 Å². The van der Waals surface area contributed by atoms with E-state index in [4.69, 9.17) is 13.0 Å². The minimum absolute atomic E-state index is 0. The molecular weight excluding hydrogens is 343 g/mol. The molecule has 0 saturated heterocycles. The van der Waals surface area contributed by atoms with Crippen LogP contribution in [0.1, 0.15) is 71.1 Å². The van der Waals surface area contributed by atoms with Crippen molar-refractivity contribution in [1.82, 2.24) is 0 Å². The molecule has 0 heterocycles. The van der Waals surface area contributed by atoms with Gasteiger partial charge in [0.05, 0.1) is 6.61 Å². The molecule has 0 spiro atoms. The van der Waals surface area contributed by atoms with Gasteiger partial charge in [0.2, 0.25) is 10.4 Å². The first-order chi connectivity index (χ1) is 9.79. The van der Waals surface area contributed by atoms with Gasteiger partial charge in [0.25, 0.3) is 11.0 Å². The predicted molar refractivity (Wildman–Crippen MR) is 80.4 cm³/mol. The van der Waals surface area contributed by atoms with Crippen LogP contribution < -0.4 is 29.6 Å². The van der Waals surface area contributed by atoms with Crippen molar-refractivity contribution in [2.75, 3.05) is 6.61 Å². The van der Waals surface area contributed by atoms with E-state index in [9.17, 15) is 13.0 Å². The van der Waals surface area contributed by atoms with Crippen molar-refractivity contribution < 1.29 is 59.7 Å². The van der Waals surface area contributed by atoms with Crippen molar-refractivity contribution in [1.29, 1.82) is 0 Å². The van der Waals surface area contributed by atoms with Crippen molar-refractivity contribution in [3.63, 3.8) is 0 Å². The van der Waals surface area contributed by atoms with E-state index in [2.05, 4.69) is 11.1 Å². The first-order valence-corrected chi connectivity index (χ1v) is 9.69. The molecule has 0 aromatic rings. The van der Waals surface area contributed by atoms with Crippen LogP contribution in [0.5, 0.6) is 0 Å². The first kappa shape index (κ1) is 27.6. The van der Waals surface area contributed by atoms with Crippen molar-refractivity contribution in [2.24, 2.45) is 0 Å². The molecule has 0 amide bonds. The van der Waals surface area contributed by atoms with Gasteiger partial charge in [-0.15, -0.1) is 0 Å². The Morgan fingerprint density at radius 3 is 1.55 bits per heavy atom. The van der Waals surface area contributed by atoms with Crippen LogP contribution in [0.3, 0.4) is 0 Å². The Labute approximate surface area is 158 Å². The molecule has 22 heavy (non-hydrogen) atoms. The summed E-state index contributed by atoms with van der Waals surface area (Å²) in [5, 5.41) is 0. The van der Waals surface area contributed by atoms with E-state index in [1.165, 1.54) is 44.9 Å². The van der Waals surface area contributed by atoms with E-state index in [0.29, 0.717) is 6.42 Å². The summed E-state index contributed by atoms with van der Waals surface area (Å²) in [6, 6.07) is 0. The molecular formula is C12H27NaO7S2. The Morgan fingerprint density at radius 2 is 1.23 bits per heavy atom. The van der Waals surface area contributed by atoms with E-state index in [0.717, 1.165) is 12.8 Å². The Kier molecular flexibility index (Phi) is 24.9. The van der Waals surface area contributed by atoms with Crippen LogP contribution >= 0.6 is 0 Å². The van der Waals surface area contributed by atoms with Gasteiger partial charge >= 0.3 is 29.6 Å². The molecule has 0 aliphatic rings. The van der Waals surface area contributed by atoms with Gasteiger partial charge in [0.1, 0.15) is 0 Å². The fraction of sp³-hybridized carbons (Fsp3) is 1.00. The van der Waals surface area contributed by atoms with Gasteiger partial charge in [0, 0.05) is 0 Å². The maximum Gasteiger partial charge on any atom is 1.00 e. The first-order valence-electron chi connectivity index (χ1n) is 7.23. The standard InChI is InChI=1S/C12H26O4S.Na.H2O3S/c1-2-3-4-5-6-7-8-9-10-11-12-16-17(13,14)15;;1-4(2)3/h2-12H2,1H3,(H,13,14,15);;4H,(H,1,2,3)/q;+1;/p-1. The zero-order valence-corrected chi connectivity index (χ0v) is 17.2. The fourth-order valence-electron chi connectivity index (χ4n) is 1.75. The van der Waals surface area contributed by atoms with Crippen molar-refractivity contribution in [3.8, 4) is 0 Å². The monoisotopic (exact) mass is 370 g/mol. The Hall–Kier alpha value is 0.780. The van der Waals surface area contributed by atoms with Crippen LogP contribution in [-0.4, -0.2) is 32.5 Å². The summed E-state index contributed by atoms with van der Waals surface area (Å²) in [6.45, 7) is 2.24. The number of hydrogen-bond donors (Lipinski definition) is 2. The van der Waals surface area contributed by atoms with Crippen LogP contribution in [0.4, 0.5) is 0 Å². The Bertz CT molecular complexity index is 375. The fourth-order valence-corrected chi connectivity index (χ4v) is 2.07. The topological polar surface area (TPSA) is 121 Å². The molecule has 0 atom stereocenters. The van der Waals surface area contributed by atoms with Crippen molar-refractivity contribution in [3.05, 3.63) is 0 Å². The zero-order valence-electron chi connectivity index (χ0n) is 13.5. The summed E-state index contributed by atoms with van der Waals surface area (Å²) in [7, 11) is -7.60. The van der Waals surface area contributed by atoms with Gasteiger partial charge < -0.3 is 4.55 Å². The molecule has 7 nitrogen and oxygen atoms in total. The van der Waals surface area contributed by atoms with Crippen LogP contribution in [0, 0.1) is 0 Å². The molecule has 0 aliphatic heterocycles. The quantitative estimate of drug-likeness (QED) is 0.156. The second-order valence-corrected chi connectivity index (χ2v) is 6.18. The molecule has 0 radical (unpaired) electrons. The van der Waals surface area contributed by atoms with Crippen LogP contribution in [0.15, 0.2) is 0 Å². The number of unbranched alkanes of at least 4 members (excludes halogenated alkanes) is 9. The number of hydrogen-bond acceptors (Lipinski definition) is 6. The van der Waals surface area contributed by atoms with E-state index < -0.39 is 21.4 Å².